The van der Waals surface area contributed by atoms with Gasteiger partial charge in [0.15, 0.2) is 0 Å². The van der Waals surface area contributed by atoms with Gasteiger partial charge in [-0.15, -0.1) is 0 Å². The molecule has 0 aliphatic carbocycles. The van der Waals surface area contributed by atoms with Crippen molar-refractivity contribution < 1.29 is 9.59 Å². The zero-order valence-corrected chi connectivity index (χ0v) is 10.1. The Balaban J connectivity index is 2.71. The molecule has 0 fully saturated rings. The monoisotopic (exact) mass is 251 g/mol. The fourth-order valence-corrected chi connectivity index (χ4v) is 1.36. The van der Waals surface area contributed by atoms with Crippen LogP contribution in [0.4, 0.5) is 5.69 Å². The number of rotatable bonds is 4. The van der Waals surface area contributed by atoms with Gasteiger partial charge in [0.1, 0.15) is 0 Å². The second kappa shape index (κ2) is 6.10. The van der Waals surface area contributed by atoms with Gasteiger partial charge in [-0.3, -0.25) is 15.0 Å². The highest BCUT2D eigenvalue weighted by molar-refractivity contribution is 5.98. The van der Waals surface area contributed by atoms with Crippen LogP contribution < -0.4 is 27.9 Å². The first-order valence-electron chi connectivity index (χ1n) is 5.36. The Morgan fingerprint density at radius 1 is 1.33 bits per heavy atom. The average molecular weight is 251 g/mol. The highest BCUT2D eigenvalue weighted by Gasteiger charge is 2.22. The Bertz CT molecular complexity index is 432. The second-order valence-electron chi connectivity index (χ2n) is 3.92. The van der Waals surface area contributed by atoms with Gasteiger partial charge in [0.05, 0.1) is 18.2 Å². The SMILES string of the molecule is Cc1ccc(N(N)C(=O)[C@@H](N)CC(=O)NN)cc1. The van der Waals surface area contributed by atoms with E-state index in [1.165, 1.54) is 0 Å². The van der Waals surface area contributed by atoms with Crippen molar-refractivity contribution in [3.8, 4) is 0 Å². The molecule has 7 heteroatoms. The summed E-state index contributed by atoms with van der Waals surface area (Å²) in [5, 5.41) is 0.925. The lowest BCUT2D eigenvalue weighted by Crippen LogP contribution is -2.50. The van der Waals surface area contributed by atoms with Crippen molar-refractivity contribution in [2.45, 2.75) is 19.4 Å². The van der Waals surface area contributed by atoms with E-state index in [9.17, 15) is 9.59 Å². The quantitative estimate of drug-likeness (QED) is 0.307. The first-order valence-corrected chi connectivity index (χ1v) is 5.36. The van der Waals surface area contributed by atoms with Crippen molar-refractivity contribution in [1.29, 1.82) is 0 Å². The molecule has 0 saturated heterocycles. The average Bonchev–Trinajstić information content (AvgIpc) is 2.37. The number of carbonyl (C=O) groups is 2. The maximum atomic E-state index is 11.8. The molecule has 0 radical (unpaired) electrons. The molecule has 98 valence electrons. The van der Waals surface area contributed by atoms with Crippen LogP contribution in [-0.2, 0) is 9.59 Å². The molecular weight excluding hydrogens is 234 g/mol. The third-order valence-corrected chi connectivity index (χ3v) is 2.43. The summed E-state index contributed by atoms with van der Waals surface area (Å²) in [5.41, 5.74) is 9.04. The zero-order valence-electron chi connectivity index (χ0n) is 10.1. The minimum Gasteiger partial charge on any atom is -0.319 e. The molecule has 1 aromatic rings. The van der Waals surface area contributed by atoms with E-state index in [2.05, 4.69) is 0 Å². The third-order valence-electron chi connectivity index (χ3n) is 2.43. The lowest BCUT2D eigenvalue weighted by Gasteiger charge is -2.20. The van der Waals surface area contributed by atoms with Crippen LogP contribution in [0.3, 0.4) is 0 Å². The van der Waals surface area contributed by atoms with Crippen molar-refractivity contribution in [3.63, 3.8) is 0 Å². The molecule has 18 heavy (non-hydrogen) atoms. The minimum absolute atomic E-state index is 0.213. The summed E-state index contributed by atoms with van der Waals surface area (Å²) in [6.07, 6.45) is -0.213. The van der Waals surface area contributed by atoms with Crippen molar-refractivity contribution >= 4 is 17.5 Å². The van der Waals surface area contributed by atoms with Crippen LogP contribution in [0.25, 0.3) is 0 Å². The van der Waals surface area contributed by atoms with E-state index in [0.717, 1.165) is 10.6 Å². The maximum Gasteiger partial charge on any atom is 0.258 e. The number of aryl methyl sites for hydroxylation is 1. The second-order valence-corrected chi connectivity index (χ2v) is 3.92. The molecule has 1 rings (SSSR count). The number of anilines is 1. The van der Waals surface area contributed by atoms with Crippen LogP contribution in [0.5, 0.6) is 0 Å². The van der Waals surface area contributed by atoms with Crippen molar-refractivity contribution in [1.82, 2.24) is 5.43 Å². The van der Waals surface area contributed by atoms with Gasteiger partial charge in [0, 0.05) is 0 Å². The van der Waals surface area contributed by atoms with E-state index < -0.39 is 17.9 Å². The lowest BCUT2D eigenvalue weighted by molar-refractivity contribution is -0.126. The number of hydrogen-bond donors (Lipinski definition) is 4. The standard InChI is InChI=1S/C11H17N5O2/c1-7-2-4-8(5-3-7)16(14)11(18)9(12)6-10(17)15-13/h2-5,9H,6,12-14H2,1H3,(H,15,17)/t9-/m0/s1. The van der Waals surface area contributed by atoms with Crippen LogP contribution >= 0.6 is 0 Å². The van der Waals surface area contributed by atoms with E-state index in [4.69, 9.17) is 17.4 Å². The summed E-state index contributed by atoms with van der Waals surface area (Å²) in [6, 6.07) is 6.01. The first-order chi connectivity index (χ1) is 8.45. The number of hydrazine groups is 2. The fourth-order valence-electron chi connectivity index (χ4n) is 1.36. The number of hydrogen-bond acceptors (Lipinski definition) is 5. The molecule has 7 nitrogen and oxygen atoms in total. The number of amides is 2. The summed E-state index contributed by atoms with van der Waals surface area (Å²) in [6.45, 7) is 1.92. The highest BCUT2D eigenvalue weighted by Crippen LogP contribution is 2.13. The molecule has 0 aliphatic heterocycles. The number of benzene rings is 1. The van der Waals surface area contributed by atoms with E-state index in [1.807, 2.05) is 24.5 Å². The molecule has 0 aliphatic rings. The topological polar surface area (TPSA) is 127 Å². The molecule has 7 N–H and O–H groups in total. The Labute approximate surface area is 105 Å². The van der Waals surface area contributed by atoms with E-state index in [0.29, 0.717) is 5.69 Å². The third kappa shape index (κ3) is 3.52. The van der Waals surface area contributed by atoms with Crippen LogP contribution in [0.2, 0.25) is 0 Å². The van der Waals surface area contributed by atoms with E-state index in [-0.39, 0.29) is 6.42 Å². The first kappa shape index (κ1) is 14.1. The van der Waals surface area contributed by atoms with Crippen LogP contribution in [-0.4, -0.2) is 17.9 Å². The summed E-state index contributed by atoms with van der Waals surface area (Å²) in [4.78, 5) is 22.8. The van der Waals surface area contributed by atoms with Gasteiger partial charge in [-0.1, -0.05) is 17.7 Å². The predicted molar refractivity (Wildman–Crippen MR) is 67.8 cm³/mol. The molecule has 0 aromatic heterocycles. The predicted octanol–water partition coefficient (Wildman–Crippen LogP) is -1.09. The smallest absolute Gasteiger partial charge is 0.258 e. The molecule has 0 unspecified atom stereocenters. The zero-order chi connectivity index (χ0) is 13.7. The normalized spacial score (nSPS) is 11.8. The minimum atomic E-state index is -1.03. The van der Waals surface area contributed by atoms with Crippen molar-refractivity contribution in [3.05, 3.63) is 29.8 Å². The summed E-state index contributed by atoms with van der Waals surface area (Å²) in [7, 11) is 0. The Hall–Kier alpha value is -1.96. The van der Waals surface area contributed by atoms with Crippen LogP contribution in [0.15, 0.2) is 24.3 Å². The van der Waals surface area contributed by atoms with E-state index in [1.54, 1.807) is 12.1 Å². The van der Waals surface area contributed by atoms with Gasteiger partial charge in [0.25, 0.3) is 5.91 Å². The number of nitrogens with two attached hydrogens (primary N) is 3. The van der Waals surface area contributed by atoms with Gasteiger partial charge in [0.2, 0.25) is 5.91 Å². The largest absolute Gasteiger partial charge is 0.319 e. The van der Waals surface area contributed by atoms with Gasteiger partial charge >= 0.3 is 0 Å². The Morgan fingerprint density at radius 3 is 2.39 bits per heavy atom. The summed E-state index contributed by atoms with van der Waals surface area (Å²) < 4.78 is 0. The van der Waals surface area contributed by atoms with Crippen LogP contribution in [0, 0.1) is 6.92 Å². The van der Waals surface area contributed by atoms with Crippen molar-refractivity contribution in [2.24, 2.45) is 17.4 Å². The van der Waals surface area contributed by atoms with Gasteiger partial charge in [-0.05, 0) is 19.1 Å². The maximum absolute atomic E-state index is 11.8. The van der Waals surface area contributed by atoms with Crippen LogP contribution in [0.1, 0.15) is 12.0 Å². The van der Waals surface area contributed by atoms with Crippen molar-refractivity contribution in [2.75, 3.05) is 5.01 Å². The lowest BCUT2D eigenvalue weighted by atomic mass is 10.1. The van der Waals surface area contributed by atoms with E-state index >= 15 is 0 Å². The van der Waals surface area contributed by atoms with Gasteiger partial charge < -0.3 is 5.73 Å². The summed E-state index contributed by atoms with van der Waals surface area (Å²) in [5.74, 6) is 9.49. The molecule has 1 atom stereocenters. The molecule has 1 aromatic carbocycles. The molecule has 0 heterocycles. The Kier molecular flexibility index (Phi) is 4.78. The highest BCUT2D eigenvalue weighted by atomic mass is 16.2. The number of nitrogens with zero attached hydrogens (tertiary/aromatic N) is 1. The Morgan fingerprint density at radius 2 is 1.89 bits per heavy atom. The van der Waals surface area contributed by atoms with Gasteiger partial charge in [-0.2, -0.15) is 0 Å². The molecule has 2 amide bonds. The summed E-state index contributed by atoms with van der Waals surface area (Å²) >= 11 is 0. The number of nitrogens with one attached hydrogen (secondary N) is 1. The fraction of sp³-hybridized carbons (Fsp3) is 0.273. The van der Waals surface area contributed by atoms with Gasteiger partial charge in [-0.25, -0.2) is 16.7 Å². The molecule has 0 bridgehead atoms. The number of carbonyl (C=O) groups excluding carboxylic acids is 2. The molecular formula is C11H17N5O2. The molecule has 0 saturated carbocycles. The molecule has 0 spiro atoms.